The third kappa shape index (κ3) is 3.59. The molecule has 2 fully saturated rings. The molecule has 22 heavy (non-hydrogen) atoms. The molecule has 2 saturated heterocycles. The van der Waals surface area contributed by atoms with Gasteiger partial charge in [0.05, 0.1) is 6.10 Å². The monoisotopic (exact) mass is 304 g/mol. The summed E-state index contributed by atoms with van der Waals surface area (Å²) in [7, 11) is 0. The fourth-order valence-corrected chi connectivity index (χ4v) is 2.99. The van der Waals surface area contributed by atoms with Crippen LogP contribution < -0.4 is 10.1 Å². The van der Waals surface area contributed by atoms with Gasteiger partial charge in [0, 0.05) is 37.8 Å². The largest absolute Gasteiger partial charge is 0.491 e. The van der Waals surface area contributed by atoms with Crippen LogP contribution in [0.5, 0.6) is 5.75 Å². The number of hydrogen-bond donors (Lipinski definition) is 1. The topological polar surface area (TPSA) is 50.8 Å². The maximum atomic E-state index is 12.6. The summed E-state index contributed by atoms with van der Waals surface area (Å²) >= 11 is 0. The van der Waals surface area contributed by atoms with Crippen LogP contribution in [0.15, 0.2) is 24.3 Å². The Morgan fingerprint density at radius 1 is 1.50 bits per heavy atom. The van der Waals surface area contributed by atoms with Crippen LogP contribution in [0.1, 0.15) is 30.1 Å². The Balaban J connectivity index is 1.63. The van der Waals surface area contributed by atoms with Gasteiger partial charge in [0.15, 0.2) is 0 Å². The first kappa shape index (κ1) is 15.3. The maximum Gasteiger partial charge on any atom is 0.254 e. The Labute approximate surface area is 131 Å². The molecular formula is C17H24N2O3. The minimum atomic E-state index is 0.0802. The van der Waals surface area contributed by atoms with Gasteiger partial charge in [0.1, 0.15) is 12.4 Å². The van der Waals surface area contributed by atoms with Crippen LogP contribution in [0, 0.1) is 0 Å². The zero-order valence-corrected chi connectivity index (χ0v) is 13.1. The molecule has 1 unspecified atom stereocenters. The first-order chi connectivity index (χ1) is 10.7. The summed E-state index contributed by atoms with van der Waals surface area (Å²) in [5.41, 5.74) is 0.693. The highest BCUT2D eigenvalue weighted by molar-refractivity contribution is 5.94. The molecule has 120 valence electrons. The number of nitrogens with one attached hydrogen (secondary N) is 1. The molecule has 5 heteroatoms. The summed E-state index contributed by atoms with van der Waals surface area (Å²) in [5, 5.41) is 3.30. The summed E-state index contributed by atoms with van der Waals surface area (Å²) < 4.78 is 11.3. The van der Waals surface area contributed by atoms with Gasteiger partial charge >= 0.3 is 0 Å². The molecule has 0 spiro atoms. The van der Waals surface area contributed by atoms with Crippen molar-refractivity contribution in [3.8, 4) is 5.75 Å². The summed E-state index contributed by atoms with van der Waals surface area (Å²) in [6, 6.07) is 7.69. The SMILES string of the molecule is C[C@@H]1CNCCN1C(=O)c1cccc(OCC2CCCO2)c1. The Morgan fingerprint density at radius 2 is 2.41 bits per heavy atom. The van der Waals surface area contributed by atoms with Gasteiger partial charge in [-0.1, -0.05) is 6.07 Å². The molecule has 0 aliphatic carbocycles. The Hall–Kier alpha value is -1.59. The summed E-state index contributed by atoms with van der Waals surface area (Å²) in [4.78, 5) is 14.6. The van der Waals surface area contributed by atoms with Gasteiger partial charge in [-0.3, -0.25) is 4.79 Å². The average Bonchev–Trinajstić information content (AvgIpc) is 3.06. The summed E-state index contributed by atoms with van der Waals surface area (Å²) in [6.07, 6.45) is 2.34. The fourth-order valence-electron chi connectivity index (χ4n) is 2.99. The van der Waals surface area contributed by atoms with Gasteiger partial charge in [-0.05, 0) is 38.0 Å². The Bertz CT molecular complexity index is 514. The number of carbonyl (C=O) groups is 1. The summed E-state index contributed by atoms with van der Waals surface area (Å²) in [6.45, 7) is 5.91. The number of benzene rings is 1. The second-order valence-corrected chi connectivity index (χ2v) is 6.03. The molecular weight excluding hydrogens is 280 g/mol. The molecule has 0 bridgehead atoms. The number of hydrogen-bond acceptors (Lipinski definition) is 4. The molecule has 1 aromatic carbocycles. The van der Waals surface area contributed by atoms with Gasteiger partial charge in [0.25, 0.3) is 5.91 Å². The third-order valence-corrected chi connectivity index (χ3v) is 4.30. The smallest absolute Gasteiger partial charge is 0.254 e. The van der Waals surface area contributed by atoms with Crippen LogP contribution in [0.4, 0.5) is 0 Å². The minimum absolute atomic E-state index is 0.0802. The van der Waals surface area contributed by atoms with Crippen molar-refractivity contribution in [3.63, 3.8) is 0 Å². The Kier molecular flexibility index (Phi) is 4.95. The van der Waals surface area contributed by atoms with Crippen LogP contribution in [-0.4, -0.2) is 55.8 Å². The van der Waals surface area contributed by atoms with Gasteiger partial charge in [-0.15, -0.1) is 0 Å². The fraction of sp³-hybridized carbons (Fsp3) is 0.588. The van der Waals surface area contributed by atoms with Crippen molar-refractivity contribution in [2.75, 3.05) is 32.8 Å². The molecule has 5 nitrogen and oxygen atoms in total. The van der Waals surface area contributed by atoms with Gasteiger partial charge < -0.3 is 19.7 Å². The maximum absolute atomic E-state index is 12.6. The zero-order valence-electron chi connectivity index (χ0n) is 13.1. The third-order valence-electron chi connectivity index (χ3n) is 4.30. The van der Waals surface area contributed by atoms with E-state index in [9.17, 15) is 4.79 Å². The van der Waals surface area contributed by atoms with E-state index in [1.165, 1.54) is 0 Å². The van der Waals surface area contributed by atoms with E-state index in [-0.39, 0.29) is 18.1 Å². The van der Waals surface area contributed by atoms with Crippen molar-refractivity contribution in [2.24, 2.45) is 0 Å². The molecule has 2 heterocycles. The lowest BCUT2D eigenvalue weighted by atomic mass is 10.1. The number of piperazine rings is 1. The highest BCUT2D eigenvalue weighted by atomic mass is 16.5. The number of nitrogens with zero attached hydrogens (tertiary/aromatic N) is 1. The van der Waals surface area contributed by atoms with E-state index in [1.54, 1.807) is 0 Å². The number of carbonyl (C=O) groups excluding carboxylic acids is 1. The number of amides is 1. The van der Waals surface area contributed by atoms with Gasteiger partial charge in [-0.25, -0.2) is 0 Å². The average molecular weight is 304 g/mol. The van der Waals surface area contributed by atoms with Crippen molar-refractivity contribution in [3.05, 3.63) is 29.8 Å². The Morgan fingerprint density at radius 3 is 3.18 bits per heavy atom. The summed E-state index contributed by atoms with van der Waals surface area (Å²) in [5.74, 6) is 0.820. The first-order valence-corrected chi connectivity index (χ1v) is 8.10. The lowest BCUT2D eigenvalue weighted by Crippen LogP contribution is -2.52. The number of rotatable bonds is 4. The normalized spacial score (nSPS) is 25.2. The van der Waals surface area contributed by atoms with Crippen molar-refractivity contribution in [1.29, 1.82) is 0 Å². The molecule has 0 aromatic heterocycles. The highest BCUT2D eigenvalue weighted by Gasteiger charge is 2.24. The van der Waals surface area contributed by atoms with Crippen LogP contribution in [0.3, 0.4) is 0 Å². The van der Waals surface area contributed by atoms with E-state index in [0.29, 0.717) is 12.2 Å². The molecule has 0 saturated carbocycles. The quantitative estimate of drug-likeness (QED) is 0.919. The van der Waals surface area contributed by atoms with E-state index >= 15 is 0 Å². The van der Waals surface area contributed by atoms with Crippen molar-refractivity contribution in [1.82, 2.24) is 10.2 Å². The van der Waals surface area contributed by atoms with E-state index in [1.807, 2.05) is 29.2 Å². The molecule has 2 aliphatic rings. The van der Waals surface area contributed by atoms with Crippen LogP contribution in [0.25, 0.3) is 0 Å². The van der Waals surface area contributed by atoms with Crippen LogP contribution in [-0.2, 0) is 4.74 Å². The van der Waals surface area contributed by atoms with Gasteiger partial charge in [-0.2, -0.15) is 0 Å². The molecule has 1 amide bonds. The standard InChI is InChI=1S/C17H24N2O3/c1-13-11-18-7-8-19(13)17(20)14-4-2-5-15(10-14)22-12-16-6-3-9-21-16/h2,4-5,10,13,16,18H,3,6-9,11-12H2,1H3/t13-,16?/m1/s1. The van der Waals surface area contributed by atoms with Crippen molar-refractivity contribution in [2.45, 2.75) is 31.9 Å². The molecule has 1 aromatic rings. The van der Waals surface area contributed by atoms with Crippen molar-refractivity contribution >= 4 is 5.91 Å². The molecule has 1 N–H and O–H groups in total. The van der Waals surface area contributed by atoms with Crippen molar-refractivity contribution < 1.29 is 14.3 Å². The van der Waals surface area contributed by atoms with E-state index < -0.39 is 0 Å². The molecule has 2 aliphatic heterocycles. The van der Waals surface area contributed by atoms with Gasteiger partial charge in [0.2, 0.25) is 0 Å². The predicted octanol–water partition coefficient (Wildman–Crippen LogP) is 1.68. The number of ether oxygens (including phenoxy) is 2. The zero-order chi connectivity index (χ0) is 15.4. The van der Waals surface area contributed by atoms with E-state index in [4.69, 9.17) is 9.47 Å². The lowest BCUT2D eigenvalue weighted by Gasteiger charge is -2.34. The van der Waals surface area contributed by atoms with E-state index in [0.717, 1.165) is 44.8 Å². The first-order valence-electron chi connectivity index (χ1n) is 8.10. The molecule has 3 rings (SSSR count). The van der Waals surface area contributed by atoms with Crippen LogP contribution in [0.2, 0.25) is 0 Å². The lowest BCUT2D eigenvalue weighted by molar-refractivity contribution is 0.0649. The highest BCUT2D eigenvalue weighted by Crippen LogP contribution is 2.19. The van der Waals surface area contributed by atoms with E-state index in [2.05, 4.69) is 12.2 Å². The predicted molar refractivity (Wildman–Crippen MR) is 84.3 cm³/mol. The molecule has 0 radical (unpaired) electrons. The molecule has 2 atom stereocenters. The van der Waals surface area contributed by atoms with Crippen LogP contribution >= 0.6 is 0 Å². The minimum Gasteiger partial charge on any atom is -0.491 e. The second-order valence-electron chi connectivity index (χ2n) is 6.03. The second kappa shape index (κ2) is 7.11.